The van der Waals surface area contributed by atoms with E-state index < -0.39 is 5.41 Å². The van der Waals surface area contributed by atoms with Crippen molar-refractivity contribution in [3.63, 3.8) is 0 Å². The van der Waals surface area contributed by atoms with Crippen LogP contribution in [0.15, 0.2) is 5.16 Å². The number of likely N-dealkylation sites (tertiary alicyclic amines) is 1. The van der Waals surface area contributed by atoms with Gasteiger partial charge < -0.3 is 20.9 Å². The number of nitrogens with two attached hydrogens (primary N) is 1. The maximum absolute atomic E-state index is 12.9. The van der Waals surface area contributed by atoms with E-state index in [4.69, 9.17) is 10.9 Å². The zero-order valence-corrected chi connectivity index (χ0v) is 12.5. The van der Waals surface area contributed by atoms with E-state index in [1.165, 1.54) is 0 Å². The van der Waals surface area contributed by atoms with Gasteiger partial charge in [-0.05, 0) is 25.7 Å². The zero-order chi connectivity index (χ0) is 15.2. The summed E-state index contributed by atoms with van der Waals surface area (Å²) in [5, 5.41) is 21.6. The van der Waals surface area contributed by atoms with Crippen molar-refractivity contribution >= 4 is 11.7 Å². The summed E-state index contributed by atoms with van der Waals surface area (Å²) in [5.41, 5.74) is 4.83. The first-order chi connectivity index (χ1) is 9.57. The summed E-state index contributed by atoms with van der Waals surface area (Å²) in [6.07, 6.45) is 4.78. The first-order valence-electron chi connectivity index (χ1n) is 7.47. The maximum atomic E-state index is 12.9. The first-order valence-corrected chi connectivity index (χ1v) is 7.47. The SMILES string of the molecule is CCC(CC)(C(=O)N1CCCCCC1CO)C(N)=NO. The second-order valence-electron chi connectivity index (χ2n) is 5.46. The highest BCUT2D eigenvalue weighted by molar-refractivity contribution is 6.06. The molecule has 1 rings (SSSR count). The summed E-state index contributed by atoms with van der Waals surface area (Å²) in [7, 11) is 0. The summed E-state index contributed by atoms with van der Waals surface area (Å²) in [4.78, 5) is 14.7. The van der Waals surface area contributed by atoms with Gasteiger partial charge in [0.05, 0.1) is 12.6 Å². The lowest BCUT2D eigenvalue weighted by atomic mass is 9.79. The number of aliphatic hydroxyl groups is 1. The maximum Gasteiger partial charge on any atom is 0.236 e. The summed E-state index contributed by atoms with van der Waals surface area (Å²) < 4.78 is 0. The summed E-state index contributed by atoms with van der Waals surface area (Å²) >= 11 is 0. The number of rotatable bonds is 5. The Hall–Kier alpha value is -1.30. The van der Waals surface area contributed by atoms with Crippen LogP contribution in [0.25, 0.3) is 0 Å². The minimum absolute atomic E-state index is 0.0339. The number of hydrogen-bond donors (Lipinski definition) is 3. The van der Waals surface area contributed by atoms with Crippen LogP contribution in [0.2, 0.25) is 0 Å². The van der Waals surface area contributed by atoms with Crippen molar-refractivity contribution in [2.75, 3.05) is 13.2 Å². The highest BCUT2D eigenvalue weighted by atomic mass is 16.4. The number of hydrogen-bond acceptors (Lipinski definition) is 4. The molecule has 0 aliphatic carbocycles. The van der Waals surface area contributed by atoms with Crippen LogP contribution >= 0.6 is 0 Å². The Labute approximate surface area is 120 Å². The molecular formula is C14H27N3O3. The monoisotopic (exact) mass is 285 g/mol. The van der Waals surface area contributed by atoms with Gasteiger partial charge in [0.15, 0.2) is 5.84 Å². The van der Waals surface area contributed by atoms with E-state index in [1.54, 1.807) is 4.90 Å². The van der Waals surface area contributed by atoms with Crippen molar-refractivity contribution < 1.29 is 15.1 Å². The Bertz CT molecular complexity index is 354. The molecule has 0 saturated carbocycles. The van der Waals surface area contributed by atoms with Crippen LogP contribution in [0.5, 0.6) is 0 Å². The summed E-state index contributed by atoms with van der Waals surface area (Å²) in [6, 6.07) is -0.158. The lowest BCUT2D eigenvalue weighted by Crippen LogP contribution is -2.54. The number of amidine groups is 1. The molecule has 0 aromatic heterocycles. The molecule has 1 unspecified atom stereocenters. The van der Waals surface area contributed by atoms with Gasteiger partial charge in [-0.15, -0.1) is 0 Å². The van der Waals surface area contributed by atoms with Crippen LogP contribution in [0.1, 0.15) is 52.4 Å². The van der Waals surface area contributed by atoms with Crippen molar-refractivity contribution in [1.29, 1.82) is 0 Å². The molecule has 6 heteroatoms. The van der Waals surface area contributed by atoms with Gasteiger partial charge in [-0.3, -0.25) is 4.79 Å². The number of amides is 1. The molecular weight excluding hydrogens is 258 g/mol. The smallest absolute Gasteiger partial charge is 0.236 e. The van der Waals surface area contributed by atoms with Gasteiger partial charge in [-0.1, -0.05) is 31.8 Å². The largest absolute Gasteiger partial charge is 0.409 e. The third kappa shape index (κ3) is 3.06. The molecule has 1 heterocycles. The summed E-state index contributed by atoms with van der Waals surface area (Å²) in [6.45, 7) is 4.33. The molecule has 6 nitrogen and oxygen atoms in total. The second kappa shape index (κ2) is 7.47. The predicted molar refractivity (Wildman–Crippen MR) is 77.5 cm³/mol. The fourth-order valence-electron chi connectivity index (χ4n) is 3.03. The predicted octanol–water partition coefficient (Wildman–Crippen LogP) is 1.30. The quantitative estimate of drug-likeness (QED) is 0.307. The van der Waals surface area contributed by atoms with E-state index in [2.05, 4.69) is 5.16 Å². The fourth-order valence-corrected chi connectivity index (χ4v) is 3.03. The van der Waals surface area contributed by atoms with E-state index in [-0.39, 0.29) is 24.4 Å². The van der Waals surface area contributed by atoms with Gasteiger partial charge in [0.1, 0.15) is 5.41 Å². The Kier molecular flexibility index (Phi) is 6.26. The van der Waals surface area contributed by atoms with Gasteiger partial charge >= 0.3 is 0 Å². The Morgan fingerprint density at radius 1 is 1.35 bits per heavy atom. The number of carbonyl (C=O) groups excluding carboxylic acids is 1. The molecule has 20 heavy (non-hydrogen) atoms. The van der Waals surface area contributed by atoms with Crippen molar-refractivity contribution in [2.24, 2.45) is 16.3 Å². The fraction of sp³-hybridized carbons (Fsp3) is 0.857. The highest BCUT2D eigenvalue weighted by Crippen LogP contribution is 2.32. The van der Waals surface area contributed by atoms with E-state index in [1.807, 2.05) is 13.8 Å². The van der Waals surface area contributed by atoms with Crippen molar-refractivity contribution in [3.8, 4) is 0 Å². The Balaban J connectivity index is 3.09. The van der Waals surface area contributed by atoms with E-state index in [0.29, 0.717) is 19.4 Å². The number of nitrogens with zero attached hydrogens (tertiary/aromatic N) is 2. The second-order valence-corrected chi connectivity index (χ2v) is 5.46. The molecule has 1 aliphatic rings. The molecule has 0 aromatic rings. The van der Waals surface area contributed by atoms with Gasteiger partial charge in [0.25, 0.3) is 0 Å². The third-order valence-corrected chi connectivity index (χ3v) is 4.56. The van der Waals surface area contributed by atoms with E-state index >= 15 is 0 Å². The lowest BCUT2D eigenvalue weighted by molar-refractivity contribution is -0.142. The number of carbonyl (C=O) groups is 1. The molecule has 0 spiro atoms. The molecule has 1 amide bonds. The Morgan fingerprint density at radius 2 is 2.00 bits per heavy atom. The van der Waals surface area contributed by atoms with Crippen LogP contribution in [-0.4, -0.2) is 46.1 Å². The number of aliphatic hydroxyl groups excluding tert-OH is 1. The average molecular weight is 285 g/mol. The first kappa shape index (κ1) is 16.8. The van der Waals surface area contributed by atoms with Crippen LogP contribution < -0.4 is 5.73 Å². The highest BCUT2D eigenvalue weighted by Gasteiger charge is 2.44. The molecule has 0 radical (unpaired) electrons. The molecule has 4 N–H and O–H groups in total. The standard InChI is InChI=1S/C14H27N3O3/c1-3-14(4-2,12(15)16-20)13(19)17-9-7-5-6-8-11(17)10-18/h11,18,20H,3-10H2,1-2H3,(H2,15,16). The molecule has 1 aliphatic heterocycles. The third-order valence-electron chi connectivity index (χ3n) is 4.56. The van der Waals surface area contributed by atoms with Gasteiger partial charge in [0, 0.05) is 6.54 Å². The number of oxime groups is 1. The van der Waals surface area contributed by atoms with E-state index in [0.717, 1.165) is 25.7 Å². The molecule has 0 bridgehead atoms. The average Bonchev–Trinajstić information content (AvgIpc) is 2.73. The van der Waals surface area contributed by atoms with Crippen LogP contribution in [0, 0.1) is 5.41 Å². The topological polar surface area (TPSA) is 99.2 Å². The van der Waals surface area contributed by atoms with E-state index in [9.17, 15) is 9.90 Å². The minimum atomic E-state index is -0.966. The van der Waals surface area contributed by atoms with Crippen LogP contribution in [0.3, 0.4) is 0 Å². The van der Waals surface area contributed by atoms with Crippen molar-refractivity contribution in [1.82, 2.24) is 4.90 Å². The zero-order valence-electron chi connectivity index (χ0n) is 12.5. The van der Waals surface area contributed by atoms with Crippen LogP contribution in [-0.2, 0) is 4.79 Å². The molecule has 1 atom stereocenters. The minimum Gasteiger partial charge on any atom is -0.409 e. The van der Waals surface area contributed by atoms with Gasteiger partial charge in [-0.25, -0.2) is 0 Å². The van der Waals surface area contributed by atoms with Crippen LogP contribution in [0.4, 0.5) is 0 Å². The van der Waals surface area contributed by atoms with Gasteiger partial charge in [-0.2, -0.15) is 0 Å². The molecule has 1 fully saturated rings. The van der Waals surface area contributed by atoms with Crippen molar-refractivity contribution in [2.45, 2.75) is 58.4 Å². The Morgan fingerprint density at radius 3 is 2.50 bits per heavy atom. The van der Waals surface area contributed by atoms with Crippen molar-refractivity contribution in [3.05, 3.63) is 0 Å². The molecule has 116 valence electrons. The molecule has 0 aromatic carbocycles. The molecule has 1 saturated heterocycles. The normalized spacial score (nSPS) is 21.6. The lowest BCUT2D eigenvalue weighted by Gasteiger charge is -2.38. The summed E-state index contributed by atoms with van der Waals surface area (Å²) in [5.74, 6) is -0.160. The van der Waals surface area contributed by atoms with Gasteiger partial charge in [0.2, 0.25) is 5.91 Å².